The molecule has 0 aromatic heterocycles. The second kappa shape index (κ2) is 3.93. The first-order chi connectivity index (χ1) is 9.37. The molecule has 4 rings (SSSR count). The van der Waals surface area contributed by atoms with Gasteiger partial charge in [0.15, 0.2) is 0 Å². The first-order valence-corrected chi connectivity index (χ1v) is 9.05. The molecule has 4 aliphatic rings. The summed E-state index contributed by atoms with van der Waals surface area (Å²) >= 11 is 0. The first-order valence-electron chi connectivity index (χ1n) is 9.05. The van der Waals surface area contributed by atoms with Crippen molar-refractivity contribution in [1.29, 1.82) is 0 Å². The molecule has 112 valence electrons. The SMILES string of the molecule is C=C1C[C@@]23CC[C@@H]4C(C)(C)CCC[C@]4(C)[C@@H]2CC[C@@H]1C3. The Balaban J connectivity index is 1.74. The summed E-state index contributed by atoms with van der Waals surface area (Å²) < 4.78 is 0. The topological polar surface area (TPSA) is 0 Å². The van der Waals surface area contributed by atoms with Crippen molar-refractivity contribution in [3.8, 4) is 0 Å². The second-order valence-corrected chi connectivity index (χ2v) is 9.67. The van der Waals surface area contributed by atoms with Crippen LogP contribution < -0.4 is 0 Å². The van der Waals surface area contributed by atoms with Crippen LogP contribution in [0.3, 0.4) is 0 Å². The van der Waals surface area contributed by atoms with Crippen molar-refractivity contribution in [2.75, 3.05) is 0 Å². The van der Waals surface area contributed by atoms with E-state index in [9.17, 15) is 0 Å². The fourth-order valence-electron chi connectivity index (χ4n) is 7.68. The molecule has 0 N–H and O–H groups in total. The van der Waals surface area contributed by atoms with Crippen molar-refractivity contribution in [1.82, 2.24) is 0 Å². The number of allylic oxidation sites excluding steroid dienone is 1. The molecular formula is C20H32. The Morgan fingerprint density at radius 1 is 0.950 bits per heavy atom. The van der Waals surface area contributed by atoms with E-state index in [2.05, 4.69) is 27.4 Å². The maximum atomic E-state index is 4.44. The molecule has 0 unspecified atom stereocenters. The molecule has 0 radical (unpaired) electrons. The third-order valence-corrected chi connectivity index (χ3v) is 8.36. The van der Waals surface area contributed by atoms with E-state index in [4.69, 9.17) is 0 Å². The maximum absolute atomic E-state index is 4.44. The van der Waals surface area contributed by atoms with Crippen molar-refractivity contribution in [2.45, 2.75) is 78.6 Å². The molecule has 4 saturated carbocycles. The highest BCUT2D eigenvalue weighted by atomic mass is 14.7. The minimum Gasteiger partial charge on any atom is -0.0996 e. The van der Waals surface area contributed by atoms with Crippen molar-refractivity contribution < 1.29 is 0 Å². The molecule has 0 aromatic rings. The van der Waals surface area contributed by atoms with Gasteiger partial charge in [0, 0.05) is 0 Å². The van der Waals surface area contributed by atoms with E-state index in [1.807, 2.05) is 0 Å². The average Bonchev–Trinajstić information content (AvgIpc) is 2.58. The van der Waals surface area contributed by atoms with Gasteiger partial charge in [0.25, 0.3) is 0 Å². The van der Waals surface area contributed by atoms with E-state index in [0.29, 0.717) is 16.2 Å². The number of hydrogen-bond acceptors (Lipinski definition) is 0. The molecule has 5 atom stereocenters. The first kappa shape index (κ1) is 13.4. The number of fused-ring (bicyclic) bond motifs is 3. The van der Waals surface area contributed by atoms with Gasteiger partial charge in [-0.2, -0.15) is 0 Å². The molecule has 2 bridgehead atoms. The van der Waals surface area contributed by atoms with Gasteiger partial charge in [-0.05, 0) is 85.4 Å². The van der Waals surface area contributed by atoms with Gasteiger partial charge in [-0.15, -0.1) is 0 Å². The van der Waals surface area contributed by atoms with E-state index in [1.165, 1.54) is 57.8 Å². The third kappa shape index (κ3) is 1.54. The molecule has 0 saturated heterocycles. The van der Waals surface area contributed by atoms with Gasteiger partial charge in [-0.3, -0.25) is 0 Å². The Morgan fingerprint density at radius 2 is 1.75 bits per heavy atom. The third-order valence-electron chi connectivity index (χ3n) is 8.36. The Kier molecular flexibility index (Phi) is 2.63. The van der Waals surface area contributed by atoms with Gasteiger partial charge in [0.2, 0.25) is 0 Å². The van der Waals surface area contributed by atoms with Crippen LogP contribution in [0.25, 0.3) is 0 Å². The molecule has 4 aliphatic carbocycles. The van der Waals surface area contributed by atoms with Gasteiger partial charge in [-0.25, -0.2) is 0 Å². The lowest BCUT2D eigenvalue weighted by atomic mass is 9.41. The zero-order valence-corrected chi connectivity index (χ0v) is 13.8. The predicted molar refractivity (Wildman–Crippen MR) is 85.5 cm³/mol. The van der Waals surface area contributed by atoms with Gasteiger partial charge in [0.05, 0.1) is 0 Å². The van der Waals surface area contributed by atoms with Crippen molar-refractivity contribution in [3.63, 3.8) is 0 Å². The van der Waals surface area contributed by atoms with Gasteiger partial charge in [-0.1, -0.05) is 39.3 Å². The molecule has 0 aromatic carbocycles. The lowest BCUT2D eigenvalue weighted by Gasteiger charge is -2.64. The fraction of sp³-hybridized carbons (Fsp3) is 0.900. The van der Waals surface area contributed by atoms with Crippen molar-refractivity contribution in [2.24, 2.45) is 34.0 Å². The van der Waals surface area contributed by atoms with E-state index in [-0.39, 0.29) is 0 Å². The summed E-state index contributed by atoms with van der Waals surface area (Å²) in [4.78, 5) is 0. The van der Waals surface area contributed by atoms with Gasteiger partial charge >= 0.3 is 0 Å². The minimum atomic E-state index is 0.584. The standard InChI is InChI=1S/C20H32/c1-14-12-20-11-8-16-18(2,3)9-5-10-19(16,4)17(20)7-6-15(14)13-20/h15-17H,1,5-13H2,2-4H3/t15-,16-,17+,19+,20-/m1/s1. The van der Waals surface area contributed by atoms with Gasteiger partial charge < -0.3 is 0 Å². The van der Waals surface area contributed by atoms with Crippen molar-refractivity contribution in [3.05, 3.63) is 12.2 Å². The smallest absolute Gasteiger partial charge is 0.0200 e. The Labute approximate surface area is 125 Å². The van der Waals surface area contributed by atoms with Crippen LogP contribution in [-0.4, -0.2) is 0 Å². The highest BCUT2D eigenvalue weighted by Gasteiger charge is 2.62. The highest BCUT2D eigenvalue weighted by molar-refractivity contribution is 5.22. The van der Waals surface area contributed by atoms with Crippen LogP contribution in [0.1, 0.15) is 78.6 Å². The van der Waals surface area contributed by atoms with Crippen molar-refractivity contribution >= 4 is 0 Å². The molecule has 0 amide bonds. The zero-order chi connectivity index (χ0) is 14.2. The van der Waals surface area contributed by atoms with Crippen LogP contribution in [0.5, 0.6) is 0 Å². The van der Waals surface area contributed by atoms with E-state index in [0.717, 1.165) is 17.8 Å². The summed E-state index contributed by atoms with van der Waals surface area (Å²) in [6.07, 6.45) is 13.3. The zero-order valence-electron chi connectivity index (χ0n) is 13.8. The van der Waals surface area contributed by atoms with Crippen LogP contribution in [0.2, 0.25) is 0 Å². The predicted octanol–water partition coefficient (Wildman–Crippen LogP) is 5.98. The van der Waals surface area contributed by atoms with Crippen LogP contribution in [-0.2, 0) is 0 Å². The summed E-state index contributed by atoms with van der Waals surface area (Å²) in [5, 5.41) is 0. The van der Waals surface area contributed by atoms with Crippen LogP contribution >= 0.6 is 0 Å². The molecule has 0 heteroatoms. The minimum absolute atomic E-state index is 0.584. The monoisotopic (exact) mass is 272 g/mol. The molecule has 1 spiro atoms. The van der Waals surface area contributed by atoms with Crippen LogP contribution in [0, 0.1) is 34.0 Å². The summed E-state index contributed by atoms with van der Waals surface area (Å²) in [6, 6.07) is 0. The van der Waals surface area contributed by atoms with E-state index in [1.54, 1.807) is 5.57 Å². The molecule has 4 fully saturated rings. The lowest BCUT2D eigenvalue weighted by Crippen LogP contribution is -2.55. The average molecular weight is 272 g/mol. The fourth-order valence-corrected chi connectivity index (χ4v) is 7.68. The Morgan fingerprint density at radius 3 is 2.55 bits per heavy atom. The maximum Gasteiger partial charge on any atom is -0.0200 e. The number of hydrogen-bond donors (Lipinski definition) is 0. The summed E-state index contributed by atoms with van der Waals surface area (Å²) in [5.41, 5.74) is 3.51. The summed E-state index contributed by atoms with van der Waals surface area (Å²) in [7, 11) is 0. The van der Waals surface area contributed by atoms with Crippen LogP contribution in [0.15, 0.2) is 12.2 Å². The number of rotatable bonds is 0. The molecule has 0 aliphatic heterocycles. The summed E-state index contributed by atoms with van der Waals surface area (Å²) in [6.45, 7) is 12.2. The molecule has 0 heterocycles. The Hall–Kier alpha value is -0.260. The molecule has 20 heavy (non-hydrogen) atoms. The molecule has 0 nitrogen and oxygen atoms in total. The van der Waals surface area contributed by atoms with E-state index < -0.39 is 0 Å². The van der Waals surface area contributed by atoms with Crippen LogP contribution in [0.4, 0.5) is 0 Å². The highest BCUT2D eigenvalue weighted by Crippen LogP contribution is 2.72. The quantitative estimate of drug-likeness (QED) is 0.476. The Bertz CT molecular complexity index is 445. The summed E-state index contributed by atoms with van der Waals surface area (Å²) in [5.74, 6) is 2.87. The largest absolute Gasteiger partial charge is 0.0996 e. The second-order valence-electron chi connectivity index (χ2n) is 9.67. The molecular weight excluding hydrogens is 240 g/mol. The van der Waals surface area contributed by atoms with E-state index >= 15 is 0 Å². The normalized spacial score (nSPS) is 53.4. The lowest BCUT2D eigenvalue weighted by molar-refractivity contribution is -0.144. The van der Waals surface area contributed by atoms with Gasteiger partial charge in [0.1, 0.15) is 0 Å².